The number of alkyl halides is 3. The van der Waals surface area contributed by atoms with Gasteiger partial charge in [-0.3, -0.25) is 4.98 Å². The van der Waals surface area contributed by atoms with Crippen molar-refractivity contribution in [2.75, 3.05) is 36.8 Å². The van der Waals surface area contributed by atoms with Crippen molar-refractivity contribution in [3.05, 3.63) is 65.3 Å². The maximum Gasteiger partial charge on any atom is 0.429 e. The second kappa shape index (κ2) is 9.40. The van der Waals surface area contributed by atoms with Gasteiger partial charge in [0.05, 0.1) is 11.9 Å². The molecule has 0 bridgehead atoms. The molecule has 4 rings (SSSR count). The van der Waals surface area contributed by atoms with Crippen molar-refractivity contribution in [3.63, 3.8) is 0 Å². The van der Waals surface area contributed by atoms with E-state index in [-0.39, 0.29) is 16.6 Å². The third kappa shape index (κ3) is 5.28. The summed E-state index contributed by atoms with van der Waals surface area (Å²) in [4.78, 5) is 10.4. The summed E-state index contributed by atoms with van der Waals surface area (Å²) in [5, 5.41) is 2.99. The second-order valence-electron chi connectivity index (χ2n) is 7.48. The molecule has 0 amide bonds. The van der Waals surface area contributed by atoms with Gasteiger partial charge >= 0.3 is 6.18 Å². The van der Waals surface area contributed by atoms with E-state index in [1.165, 1.54) is 12.3 Å². The lowest BCUT2D eigenvalue weighted by atomic mass is 10.1. The summed E-state index contributed by atoms with van der Waals surface area (Å²) >= 11 is 5.91. The predicted octanol–water partition coefficient (Wildman–Crippen LogP) is 4.61. The monoisotopic (exact) mass is 481 g/mol. The maximum atomic E-state index is 13.8. The van der Waals surface area contributed by atoms with Crippen LogP contribution < -0.4 is 20.7 Å². The van der Waals surface area contributed by atoms with Crippen molar-refractivity contribution in [3.8, 4) is 16.9 Å². The number of ether oxygens (including phenoxy) is 1. The fraction of sp³-hybridized carbons (Fsp3) is 0.273. The van der Waals surface area contributed by atoms with Crippen molar-refractivity contribution in [1.29, 1.82) is 0 Å². The van der Waals surface area contributed by atoms with E-state index in [0.717, 1.165) is 44.0 Å². The minimum Gasteiger partial charge on any atom is -0.472 e. The van der Waals surface area contributed by atoms with Crippen molar-refractivity contribution in [1.82, 2.24) is 15.3 Å². The molecule has 1 saturated heterocycles. The molecule has 0 radical (unpaired) electrons. The zero-order chi connectivity index (χ0) is 23.6. The number of pyridine rings is 2. The Hall–Kier alpha value is -3.11. The average molecular weight is 482 g/mol. The highest BCUT2D eigenvalue weighted by Crippen LogP contribution is 2.41. The minimum atomic E-state index is -4.89. The van der Waals surface area contributed by atoms with Gasteiger partial charge in [0.15, 0.2) is 11.6 Å². The van der Waals surface area contributed by atoms with Gasteiger partial charge in [-0.1, -0.05) is 11.6 Å². The topological polar surface area (TPSA) is 76.3 Å². The van der Waals surface area contributed by atoms with Crippen LogP contribution in [0.25, 0.3) is 11.1 Å². The number of nitrogen functional groups attached to an aromatic ring is 1. The molecule has 0 saturated carbocycles. The number of nitrogens with one attached hydrogen (secondary N) is 1. The zero-order valence-corrected chi connectivity index (χ0v) is 18.0. The Morgan fingerprint density at radius 1 is 1.06 bits per heavy atom. The van der Waals surface area contributed by atoms with E-state index in [0.29, 0.717) is 17.2 Å². The molecule has 1 aliphatic heterocycles. The molecule has 0 aliphatic carbocycles. The highest BCUT2D eigenvalue weighted by atomic mass is 35.5. The highest BCUT2D eigenvalue weighted by molar-refractivity contribution is 6.31. The number of hydrogen-bond acceptors (Lipinski definition) is 6. The van der Waals surface area contributed by atoms with Gasteiger partial charge in [-0.25, -0.2) is 9.37 Å². The molecule has 174 valence electrons. The summed E-state index contributed by atoms with van der Waals surface area (Å²) in [7, 11) is 0. The van der Waals surface area contributed by atoms with E-state index in [1.807, 2.05) is 6.07 Å². The first-order valence-corrected chi connectivity index (χ1v) is 10.4. The molecule has 6 nitrogen and oxygen atoms in total. The molecule has 3 heterocycles. The Bertz CT molecular complexity index is 1140. The average Bonchev–Trinajstić information content (AvgIpc) is 2.80. The van der Waals surface area contributed by atoms with Crippen LogP contribution >= 0.6 is 11.6 Å². The van der Waals surface area contributed by atoms with E-state index < -0.39 is 23.7 Å². The fourth-order valence-electron chi connectivity index (χ4n) is 3.54. The summed E-state index contributed by atoms with van der Waals surface area (Å²) in [5.41, 5.74) is 7.24. The third-order valence-electron chi connectivity index (χ3n) is 5.20. The summed E-state index contributed by atoms with van der Waals surface area (Å²) in [5.74, 6) is -1.42. The second-order valence-corrected chi connectivity index (χ2v) is 7.89. The van der Waals surface area contributed by atoms with E-state index in [1.54, 1.807) is 12.4 Å². The Morgan fingerprint density at radius 3 is 2.52 bits per heavy atom. The summed E-state index contributed by atoms with van der Waals surface area (Å²) < 4.78 is 60.4. The number of nitrogens with two attached hydrogens (primary N) is 1. The molecular formula is C22H20ClF4N5O. The van der Waals surface area contributed by atoms with Crippen molar-refractivity contribution >= 4 is 23.1 Å². The van der Waals surface area contributed by atoms with Gasteiger partial charge in [-0.15, -0.1) is 0 Å². The first-order chi connectivity index (χ1) is 15.7. The molecule has 3 aromatic rings. The molecule has 1 aromatic carbocycles. The van der Waals surface area contributed by atoms with Gasteiger partial charge in [0.1, 0.15) is 5.82 Å². The minimum absolute atomic E-state index is 0.244. The molecule has 0 spiro atoms. The third-order valence-corrected chi connectivity index (χ3v) is 5.55. The molecular weight excluding hydrogens is 462 g/mol. The maximum absolute atomic E-state index is 13.8. The lowest BCUT2D eigenvalue weighted by molar-refractivity contribution is -0.197. The lowest BCUT2D eigenvalue weighted by Gasteiger charge is -2.29. The van der Waals surface area contributed by atoms with Crippen LogP contribution in [0.3, 0.4) is 0 Å². The molecule has 1 fully saturated rings. The zero-order valence-electron chi connectivity index (χ0n) is 17.2. The number of rotatable bonds is 5. The number of halogens is 5. The van der Waals surface area contributed by atoms with Crippen LogP contribution in [0.4, 0.5) is 29.1 Å². The van der Waals surface area contributed by atoms with Crippen LogP contribution in [0.15, 0.2) is 48.9 Å². The first-order valence-electron chi connectivity index (χ1n) is 10.1. The van der Waals surface area contributed by atoms with Gasteiger partial charge in [0.2, 0.25) is 6.10 Å². The van der Waals surface area contributed by atoms with Crippen molar-refractivity contribution in [2.24, 2.45) is 0 Å². The van der Waals surface area contributed by atoms with Crippen LogP contribution in [-0.4, -0.2) is 42.3 Å². The molecule has 1 unspecified atom stereocenters. The van der Waals surface area contributed by atoms with Gasteiger partial charge in [-0.05, 0) is 30.3 Å². The summed E-state index contributed by atoms with van der Waals surface area (Å²) in [6, 6.07) is 5.93. The Kier molecular flexibility index (Phi) is 6.57. The van der Waals surface area contributed by atoms with Crippen LogP contribution in [0.2, 0.25) is 5.02 Å². The van der Waals surface area contributed by atoms with E-state index in [9.17, 15) is 17.6 Å². The first kappa shape index (κ1) is 23.1. The molecule has 1 aliphatic rings. The van der Waals surface area contributed by atoms with Crippen LogP contribution in [0, 0.1) is 5.82 Å². The van der Waals surface area contributed by atoms with Gasteiger partial charge in [0.25, 0.3) is 0 Å². The molecule has 3 N–H and O–H groups in total. The smallest absolute Gasteiger partial charge is 0.429 e. The predicted molar refractivity (Wildman–Crippen MR) is 118 cm³/mol. The SMILES string of the molecule is Nc1ncc(-c2cncc(N3CCNCC3)c2)cc1OC(c1cc(F)ccc1Cl)C(F)(F)F. The van der Waals surface area contributed by atoms with E-state index in [2.05, 4.69) is 20.2 Å². The number of hydrogen-bond donors (Lipinski definition) is 2. The molecule has 33 heavy (non-hydrogen) atoms. The fourth-order valence-corrected chi connectivity index (χ4v) is 3.75. The Labute approximate surface area is 192 Å². The Balaban J connectivity index is 1.68. The highest BCUT2D eigenvalue weighted by Gasteiger charge is 2.44. The van der Waals surface area contributed by atoms with E-state index in [4.69, 9.17) is 22.1 Å². The lowest BCUT2D eigenvalue weighted by Crippen LogP contribution is -2.43. The molecule has 11 heteroatoms. The normalized spacial score (nSPS) is 15.4. The number of anilines is 2. The van der Waals surface area contributed by atoms with Gasteiger partial charge in [-0.2, -0.15) is 13.2 Å². The Morgan fingerprint density at radius 2 is 1.79 bits per heavy atom. The number of nitrogens with zero attached hydrogens (tertiary/aromatic N) is 3. The van der Waals surface area contributed by atoms with Crippen molar-refractivity contribution in [2.45, 2.75) is 12.3 Å². The van der Waals surface area contributed by atoms with Crippen LogP contribution in [0.5, 0.6) is 5.75 Å². The van der Waals surface area contributed by atoms with E-state index >= 15 is 0 Å². The quantitative estimate of drug-likeness (QED) is 0.518. The number of aromatic nitrogens is 2. The molecule has 2 aromatic heterocycles. The van der Waals surface area contributed by atoms with Crippen molar-refractivity contribution < 1.29 is 22.3 Å². The molecule has 1 atom stereocenters. The van der Waals surface area contributed by atoms with Crippen LogP contribution in [0.1, 0.15) is 11.7 Å². The summed E-state index contributed by atoms with van der Waals surface area (Å²) in [6.45, 7) is 3.29. The van der Waals surface area contributed by atoms with Gasteiger partial charge < -0.3 is 20.7 Å². The standard InChI is InChI=1S/C22H20ClF4N5O/c23-18-2-1-15(24)9-17(18)20(22(25,26)27)33-19-8-14(11-31-21(19)28)13-7-16(12-30-10-13)32-5-3-29-4-6-32/h1-2,7-12,20,29H,3-6H2,(H2,28,31). The van der Waals surface area contributed by atoms with Crippen LogP contribution in [-0.2, 0) is 0 Å². The van der Waals surface area contributed by atoms with Gasteiger partial charge in [0, 0.05) is 60.3 Å². The largest absolute Gasteiger partial charge is 0.472 e. The summed E-state index contributed by atoms with van der Waals surface area (Å²) in [6.07, 6.45) is -2.69. The number of piperazine rings is 1. The number of benzene rings is 1.